The first kappa shape index (κ1) is 75.7. The highest BCUT2D eigenvalue weighted by Crippen LogP contribution is 2.21. The van der Waals surface area contributed by atoms with Crippen LogP contribution in [0.15, 0.2) is 0 Å². The first-order valence-electron chi connectivity index (χ1n) is 17.7. The van der Waals surface area contributed by atoms with Crippen LogP contribution in [0.2, 0.25) is 0 Å². The summed E-state index contributed by atoms with van der Waals surface area (Å²) in [6.45, 7) is -1.84. The Labute approximate surface area is 393 Å². The van der Waals surface area contributed by atoms with Gasteiger partial charge in [0.1, 0.15) is 24.4 Å². The van der Waals surface area contributed by atoms with E-state index in [1.165, 1.54) is 0 Å². The van der Waals surface area contributed by atoms with Gasteiger partial charge in [0.2, 0.25) is 0 Å². The fourth-order valence-corrected chi connectivity index (χ4v) is 7.93. The lowest BCUT2D eigenvalue weighted by Crippen LogP contribution is -2.53. The summed E-state index contributed by atoms with van der Waals surface area (Å²) in [4.78, 5) is 20.9. The molecule has 0 aromatic carbocycles. The third-order valence-electron chi connectivity index (χ3n) is 7.92. The van der Waals surface area contributed by atoms with E-state index in [9.17, 15) is 67.0 Å². The maximum absolute atomic E-state index is 10.6. The molecule has 0 aliphatic carbocycles. The molecule has 4 rings (SSSR count). The number of hydrogen-bond donors (Lipinski definition) is 16. The second kappa shape index (κ2) is 35.0. The second-order valence-electron chi connectivity index (χ2n) is 12.8. The monoisotopic (exact) mass is 1140 g/mol. The second-order valence-corrected chi connectivity index (χ2v) is 18.3. The zero-order chi connectivity index (χ0) is 52.0. The zero-order valence-electron chi connectivity index (χ0n) is 35.6. The van der Waals surface area contributed by atoms with Crippen LogP contribution >= 0.6 is 0 Å². The van der Waals surface area contributed by atoms with Gasteiger partial charge in [-0.25, -0.2) is 22.1 Å². The van der Waals surface area contributed by atoms with E-state index >= 15 is 0 Å². The van der Waals surface area contributed by atoms with Gasteiger partial charge in [-0.05, 0) is 0 Å². The molecular weight excluding hydrogens is 1080 g/mol. The van der Waals surface area contributed by atoms with Crippen molar-refractivity contribution in [3.63, 3.8) is 0 Å². The molecule has 4 aliphatic heterocycles. The minimum atomic E-state index is -4.80. The SMILES string of the molecule is CO.CO.O.O.O.O=C(O)C1C[C@@H](O)C(OS(=O)(=O)O)CO1.O=C(O)C1C[C@@H](OS(=O)(=O)O)C(O)CO1.O=S(=O)(O)NC1COC(CO)C[C@H]1O.O=S(=O)(O)NC1COC(CO)C[C@H]1OS(=O)(=O)O. The average molecular weight is 1140 g/mol. The summed E-state index contributed by atoms with van der Waals surface area (Å²) in [5.74, 6) is -2.54. The number of aliphatic carboxylic acids is 2. The Bertz CT molecular complexity index is 1990. The van der Waals surface area contributed by atoms with Crippen molar-refractivity contribution in [1.82, 2.24) is 9.44 Å². The lowest BCUT2D eigenvalue weighted by atomic mass is 10.0. The number of rotatable bonds is 14. The summed E-state index contributed by atoms with van der Waals surface area (Å²) in [5, 5.41) is 76.6. The van der Waals surface area contributed by atoms with E-state index in [0.29, 0.717) is 0 Å². The van der Waals surface area contributed by atoms with E-state index in [1.54, 1.807) is 4.72 Å². The van der Waals surface area contributed by atoms with Crippen LogP contribution in [0.5, 0.6) is 0 Å². The van der Waals surface area contributed by atoms with E-state index in [1.807, 2.05) is 4.72 Å². The van der Waals surface area contributed by atoms with Crippen molar-refractivity contribution >= 4 is 63.7 Å². The van der Waals surface area contributed by atoms with Gasteiger partial charge in [-0.2, -0.15) is 51.5 Å². The predicted octanol–water partition coefficient (Wildman–Crippen LogP) is -10.8. The molecule has 38 nitrogen and oxygen atoms in total. The first-order chi connectivity index (χ1) is 30.1. The van der Waals surface area contributed by atoms with Gasteiger partial charge in [-0.1, -0.05) is 0 Å². The molecule has 0 amide bonds. The van der Waals surface area contributed by atoms with E-state index in [0.717, 1.165) is 14.2 Å². The molecule has 0 saturated carbocycles. The molecule has 0 radical (unpaired) electrons. The standard InChI is InChI=1S/C6H13NO9S2.C6H13NO6S.2C6H10O8S.2CH4O.3H2O/c8-2-4-1-6(16-18(12,13)14)5(3-15-4)7-17(9,10)11;8-2-4-1-6(9)5(3-13-4)7-14(10,11)12;7-3-2-13-5(6(8)9)1-4(3)14-15(10,11)12;7-3-1-4(6(8)9)13-2-5(3)14-15(10,11)12;2*1-2;;;/h4-8H,1-3H2,(H,9,10,11)(H,12,13,14);4-9H,1-3H2,(H,10,11,12);2*3-5,7H,1-2H2,(H,8,9)(H,10,11,12);2*2H,1H3;3*1H2/t2*4?,5?,6-;3?,4-,5?;3-,4?,5?;;;;;/m1111...../s1. The summed E-state index contributed by atoms with van der Waals surface area (Å²) >= 11 is 0. The first-order valence-corrected chi connectivity index (χ1v) is 24.6. The van der Waals surface area contributed by atoms with Crippen molar-refractivity contribution in [2.75, 3.05) is 53.9 Å². The van der Waals surface area contributed by atoms with Crippen molar-refractivity contribution in [3.8, 4) is 0 Å². The lowest BCUT2D eigenvalue weighted by molar-refractivity contribution is -0.167. The highest BCUT2D eigenvalue weighted by atomic mass is 32.3. The van der Waals surface area contributed by atoms with Crippen LogP contribution < -0.4 is 9.44 Å². The topological polar surface area (TPSA) is 671 Å². The number of hydrogen-bond acceptors (Lipinski definition) is 26. The molecule has 0 aromatic rings. The van der Waals surface area contributed by atoms with Crippen LogP contribution in [-0.2, 0) is 92.9 Å². The van der Waals surface area contributed by atoms with Crippen molar-refractivity contribution in [2.24, 2.45) is 0 Å². The smallest absolute Gasteiger partial charge is 0.397 e. The van der Waals surface area contributed by atoms with Crippen LogP contribution in [0.3, 0.4) is 0 Å². The van der Waals surface area contributed by atoms with Gasteiger partial charge in [-0.3, -0.25) is 22.8 Å². The van der Waals surface area contributed by atoms with Gasteiger partial charge in [0, 0.05) is 39.9 Å². The summed E-state index contributed by atoms with van der Waals surface area (Å²) in [5.41, 5.74) is 0. The van der Waals surface area contributed by atoms with Gasteiger partial charge in [0.25, 0.3) is 0 Å². The number of ether oxygens (including phenoxy) is 4. The highest BCUT2D eigenvalue weighted by Gasteiger charge is 2.39. The molecule has 0 aromatic heterocycles. The molecule has 69 heavy (non-hydrogen) atoms. The van der Waals surface area contributed by atoms with Crippen molar-refractivity contribution in [2.45, 2.75) is 98.8 Å². The van der Waals surface area contributed by atoms with E-state index in [4.69, 9.17) is 72.4 Å². The molecule has 12 atom stereocenters. The largest absolute Gasteiger partial charge is 0.479 e. The lowest BCUT2D eigenvalue weighted by Gasteiger charge is -2.33. The molecule has 4 saturated heterocycles. The van der Waals surface area contributed by atoms with E-state index in [-0.39, 0.29) is 68.5 Å². The number of carboxylic acid groups (broad SMARTS) is 2. The Morgan fingerprint density at radius 3 is 1.22 bits per heavy atom. The van der Waals surface area contributed by atoms with Gasteiger partial charge in [-0.15, -0.1) is 0 Å². The van der Waals surface area contributed by atoms with Crippen molar-refractivity contribution in [1.29, 1.82) is 0 Å². The summed E-state index contributed by atoms with van der Waals surface area (Å²) in [7, 11) is -21.1. The minimum Gasteiger partial charge on any atom is -0.479 e. The van der Waals surface area contributed by atoms with E-state index in [2.05, 4.69) is 12.5 Å². The fourth-order valence-electron chi connectivity index (χ4n) is 5.18. The Morgan fingerprint density at radius 2 is 0.841 bits per heavy atom. The quantitative estimate of drug-likeness (QED) is 0.0718. The third-order valence-corrected chi connectivity index (χ3v) is 10.6. The molecule has 4 fully saturated rings. The van der Waals surface area contributed by atoms with Crippen LogP contribution in [0.4, 0.5) is 0 Å². The maximum Gasteiger partial charge on any atom is 0.397 e. The number of aliphatic hydroxyl groups is 7. The predicted molar refractivity (Wildman–Crippen MR) is 218 cm³/mol. The van der Waals surface area contributed by atoms with Gasteiger partial charge >= 0.3 is 63.7 Å². The molecular formula is C26H60N2O36S5. The van der Waals surface area contributed by atoms with Gasteiger partial charge in [0.15, 0.2) is 12.2 Å². The van der Waals surface area contributed by atoms with Crippen LogP contribution in [0.1, 0.15) is 25.7 Å². The molecule has 8 unspecified atom stereocenters. The maximum atomic E-state index is 10.6. The molecule has 420 valence electrons. The summed E-state index contributed by atoms with van der Waals surface area (Å²) < 4.78 is 182. The Hall–Kier alpha value is -2.27. The average Bonchev–Trinajstić information content (AvgIpc) is 3.17. The molecule has 0 spiro atoms. The Kier molecular flexibility index (Phi) is 38.4. The molecule has 43 heteroatoms. The number of aliphatic hydroxyl groups excluding tert-OH is 7. The third kappa shape index (κ3) is 35.5. The van der Waals surface area contributed by atoms with E-state index < -0.39 is 150 Å². The number of carbonyl (C=O) groups is 2. The van der Waals surface area contributed by atoms with Gasteiger partial charge in [0.05, 0.1) is 76.1 Å². The normalized spacial score (nSPS) is 29.2. The fraction of sp³-hybridized carbons (Fsp3) is 0.923. The minimum absolute atomic E-state index is 0. The molecule has 0 bridgehead atoms. The molecule has 22 N–H and O–H groups in total. The van der Waals surface area contributed by atoms with Crippen LogP contribution in [0, 0.1) is 0 Å². The highest BCUT2D eigenvalue weighted by molar-refractivity contribution is 7.84. The Balaban J connectivity index is -0.000000254. The van der Waals surface area contributed by atoms with Crippen molar-refractivity contribution < 1.29 is 168 Å². The van der Waals surface area contributed by atoms with Crippen LogP contribution in [-0.4, -0.2) is 266 Å². The Morgan fingerprint density at radius 1 is 0.478 bits per heavy atom. The summed E-state index contributed by atoms with van der Waals surface area (Å²) in [6.07, 6.45) is -11.8. The van der Waals surface area contributed by atoms with Crippen LogP contribution in [0.25, 0.3) is 0 Å². The molecule has 4 heterocycles. The zero-order valence-corrected chi connectivity index (χ0v) is 39.6. The van der Waals surface area contributed by atoms with Gasteiger partial charge < -0.3 is 81.3 Å². The number of nitrogens with one attached hydrogen (secondary N) is 2. The summed E-state index contributed by atoms with van der Waals surface area (Å²) in [6, 6.07) is -2.07. The van der Waals surface area contributed by atoms with Crippen molar-refractivity contribution in [3.05, 3.63) is 0 Å². The molecule has 4 aliphatic rings. The number of carboxylic acids is 2.